The molecule has 2 nitrogen and oxygen atoms in total. The number of fused-ring (bicyclic) bond motifs is 2. The third-order valence-corrected chi connectivity index (χ3v) is 5.30. The zero-order valence-corrected chi connectivity index (χ0v) is 15.4. The molecular formula is C12H2Br2Cl4O2. The summed E-state index contributed by atoms with van der Waals surface area (Å²) in [6.45, 7) is 0. The molecule has 104 valence electrons. The molecule has 1 heterocycles. The molecule has 0 spiro atoms. The Bertz CT molecular complexity index is 686. The van der Waals surface area contributed by atoms with Gasteiger partial charge >= 0.3 is 0 Å². The predicted octanol–water partition coefficient (Wildman–Crippen LogP) is 7.72. The average molecular weight is 480 g/mol. The fourth-order valence-corrected chi connectivity index (χ4v) is 3.68. The molecule has 0 aromatic heterocycles. The highest BCUT2D eigenvalue weighted by atomic mass is 79.9. The van der Waals surface area contributed by atoms with Gasteiger partial charge in [0.25, 0.3) is 0 Å². The lowest BCUT2D eigenvalue weighted by atomic mass is 10.2. The summed E-state index contributed by atoms with van der Waals surface area (Å²) in [5.41, 5.74) is 0. The van der Waals surface area contributed by atoms with Gasteiger partial charge in [0.15, 0.2) is 23.0 Å². The standard InChI is InChI=1S/C12H2Br2Cl4O2/c13-3-1-5(15)7(17)11-9(3)19-12-8(18)6(16)2-4(14)10(12)20-11/h1-2H. The van der Waals surface area contributed by atoms with Crippen molar-refractivity contribution in [1.82, 2.24) is 0 Å². The van der Waals surface area contributed by atoms with Gasteiger partial charge in [-0.25, -0.2) is 0 Å². The van der Waals surface area contributed by atoms with Crippen LogP contribution in [0, 0.1) is 0 Å². The van der Waals surface area contributed by atoms with Crippen molar-refractivity contribution in [2.75, 3.05) is 0 Å². The van der Waals surface area contributed by atoms with Crippen LogP contribution in [0.1, 0.15) is 0 Å². The minimum atomic E-state index is 0.258. The van der Waals surface area contributed by atoms with Gasteiger partial charge in [-0.3, -0.25) is 0 Å². The molecule has 0 radical (unpaired) electrons. The molecule has 0 aliphatic carbocycles. The highest BCUT2D eigenvalue weighted by molar-refractivity contribution is 9.11. The Labute approximate surface area is 151 Å². The van der Waals surface area contributed by atoms with E-state index in [1.54, 1.807) is 12.1 Å². The van der Waals surface area contributed by atoms with Crippen molar-refractivity contribution in [2.24, 2.45) is 0 Å². The van der Waals surface area contributed by atoms with E-state index >= 15 is 0 Å². The van der Waals surface area contributed by atoms with Crippen LogP contribution in [0.3, 0.4) is 0 Å². The summed E-state index contributed by atoms with van der Waals surface area (Å²) in [5.74, 6) is 1.42. The van der Waals surface area contributed by atoms with E-state index in [2.05, 4.69) is 31.9 Å². The lowest BCUT2D eigenvalue weighted by Crippen LogP contribution is -2.02. The van der Waals surface area contributed by atoms with E-state index in [-0.39, 0.29) is 10.0 Å². The van der Waals surface area contributed by atoms with Crippen LogP contribution in [0.5, 0.6) is 23.0 Å². The summed E-state index contributed by atoms with van der Waals surface area (Å²) in [6.07, 6.45) is 0. The first kappa shape index (κ1) is 15.1. The predicted molar refractivity (Wildman–Crippen MR) is 88.5 cm³/mol. The van der Waals surface area contributed by atoms with Gasteiger partial charge in [0.2, 0.25) is 0 Å². The molecule has 0 saturated carbocycles. The van der Waals surface area contributed by atoms with E-state index in [4.69, 9.17) is 55.9 Å². The normalized spacial score (nSPS) is 12.3. The van der Waals surface area contributed by atoms with E-state index in [1.165, 1.54) is 0 Å². The second-order valence-electron chi connectivity index (χ2n) is 3.83. The molecule has 0 saturated heterocycles. The Balaban J connectivity index is 2.27. The zero-order chi connectivity index (χ0) is 14.6. The quantitative estimate of drug-likeness (QED) is 0.307. The van der Waals surface area contributed by atoms with E-state index in [1.807, 2.05) is 0 Å². The molecule has 0 unspecified atom stereocenters. The number of rotatable bonds is 0. The summed E-state index contributed by atoms with van der Waals surface area (Å²) in [4.78, 5) is 0. The lowest BCUT2D eigenvalue weighted by Gasteiger charge is -2.24. The van der Waals surface area contributed by atoms with Crippen molar-refractivity contribution in [3.8, 4) is 23.0 Å². The third-order valence-electron chi connectivity index (χ3n) is 2.58. The second kappa shape index (κ2) is 5.41. The van der Waals surface area contributed by atoms with E-state index in [0.29, 0.717) is 42.0 Å². The highest BCUT2D eigenvalue weighted by Crippen LogP contribution is 2.58. The van der Waals surface area contributed by atoms with Crippen LogP contribution in [0.4, 0.5) is 0 Å². The smallest absolute Gasteiger partial charge is 0.191 e. The van der Waals surface area contributed by atoms with Crippen molar-refractivity contribution in [1.29, 1.82) is 0 Å². The molecular weight excluding hydrogens is 478 g/mol. The van der Waals surface area contributed by atoms with Crippen LogP contribution in [-0.2, 0) is 0 Å². The van der Waals surface area contributed by atoms with Crippen molar-refractivity contribution in [3.63, 3.8) is 0 Å². The Morgan fingerprint density at radius 2 is 1.00 bits per heavy atom. The lowest BCUT2D eigenvalue weighted by molar-refractivity contribution is 0.356. The van der Waals surface area contributed by atoms with Crippen molar-refractivity contribution < 1.29 is 9.47 Å². The second-order valence-corrected chi connectivity index (χ2v) is 7.11. The highest BCUT2D eigenvalue weighted by Gasteiger charge is 2.30. The van der Waals surface area contributed by atoms with Gasteiger partial charge in [-0.1, -0.05) is 46.4 Å². The molecule has 0 bridgehead atoms. The first-order valence-corrected chi connectivity index (χ1v) is 8.20. The average Bonchev–Trinajstić information content (AvgIpc) is 2.41. The molecule has 0 fully saturated rings. The molecule has 0 atom stereocenters. The molecule has 0 amide bonds. The summed E-state index contributed by atoms with van der Waals surface area (Å²) in [6, 6.07) is 3.23. The van der Waals surface area contributed by atoms with Gasteiger partial charge in [0.05, 0.1) is 19.0 Å². The minimum Gasteiger partial charge on any atom is -0.447 e. The van der Waals surface area contributed by atoms with Gasteiger partial charge in [-0.05, 0) is 44.0 Å². The van der Waals surface area contributed by atoms with E-state index < -0.39 is 0 Å². The number of hydrogen-bond acceptors (Lipinski definition) is 2. The first-order chi connectivity index (χ1) is 9.40. The van der Waals surface area contributed by atoms with Crippen LogP contribution < -0.4 is 9.47 Å². The summed E-state index contributed by atoms with van der Waals surface area (Å²) in [7, 11) is 0. The Morgan fingerprint density at radius 3 is 1.35 bits per heavy atom. The van der Waals surface area contributed by atoms with Gasteiger partial charge in [-0.15, -0.1) is 0 Å². The monoisotopic (exact) mass is 476 g/mol. The molecule has 2 aromatic rings. The molecule has 8 heteroatoms. The van der Waals surface area contributed by atoms with Crippen LogP contribution in [-0.4, -0.2) is 0 Å². The van der Waals surface area contributed by atoms with Crippen LogP contribution in [0.25, 0.3) is 0 Å². The largest absolute Gasteiger partial charge is 0.447 e. The first-order valence-electron chi connectivity index (χ1n) is 5.11. The Hall–Kier alpha value is 0.160. The van der Waals surface area contributed by atoms with Gasteiger partial charge in [0, 0.05) is 0 Å². The van der Waals surface area contributed by atoms with Gasteiger partial charge in [0.1, 0.15) is 10.0 Å². The SMILES string of the molecule is Clc1cc(Br)c2c(c1Cl)Oc1c(Br)cc(Cl)c(Cl)c1O2. The molecule has 20 heavy (non-hydrogen) atoms. The van der Waals surface area contributed by atoms with Crippen molar-refractivity contribution >= 4 is 78.3 Å². The fraction of sp³-hybridized carbons (Fsp3) is 0. The third kappa shape index (κ3) is 2.31. The number of halogens is 6. The zero-order valence-electron chi connectivity index (χ0n) is 9.24. The van der Waals surface area contributed by atoms with Crippen LogP contribution in [0.2, 0.25) is 20.1 Å². The summed E-state index contributed by atoms with van der Waals surface area (Å²) < 4.78 is 12.7. The van der Waals surface area contributed by atoms with Crippen LogP contribution >= 0.6 is 78.3 Å². The maximum atomic E-state index is 6.14. The Morgan fingerprint density at radius 1 is 0.650 bits per heavy atom. The van der Waals surface area contributed by atoms with Gasteiger partial charge < -0.3 is 9.47 Å². The molecule has 3 rings (SSSR count). The Kier molecular flexibility index (Phi) is 4.08. The number of ether oxygens (including phenoxy) is 2. The van der Waals surface area contributed by atoms with Crippen molar-refractivity contribution in [2.45, 2.75) is 0 Å². The fourth-order valence-electron chi connectivity index (χ4n) is 1.69. The van der Waals surface area contributed by atoms with E-state index in [9.17, 15) is 0 Å². The summed E-state index contributed by atoms with van der Waals surface area (Å²) in [5, 5.41) is 1.21. The molecule has 0 N–H and O–H groups in total. The van der Waals surface area contributed by atoms with E-state index in [0.717, 1.165) is 0 Å². The molecule has 1 aliphatic rings. The molecule has 1 aliphatic heterocycles. The molecule has 2 aromatic carbocycles. The summed E-state index contributed by atoms with van der Waals surface area (Å²) >= 11 is 31.0. The topological polar surface area (TPSA) is 18.5 Å². The minimum absolute atomic E-state index is 0.258. The maximum absolute atomic E-state index is 6.14. The van der Waals surface area contributed by atoms with Crippen LogP contribution in [0.15, 0.2) is 21.1 Å². The number of benzene rings is 2. The van der Waals surface area contributed by atoms with Gasteiger partial charge in [-0.2, -0.15) is 0 Å². The maximum Gasteiger partial charge on any atom is 0.191 e. The van der Waals surface area contributed by atoms with Crippen molar-refractivity contribution in [3.05, 3.63) is 41.2 Å². The number of hydrogen-bond donors (Lipinski definition) is 0.